The lowest BCUT2D eigenvalue weighted by molar-refractivity contribution is -0.00323. The van der Waals surface area contributed by atoms with Gasteiger partial charge >= 0.3 is 0 Å². The van der Waals surface area contributed by atoms with Crippen molar-refractivity contribution in [1.82, 2.24) is 20.0 Å². The summed E-state index contributed by atoms with van der Waals surface area (Å²) in [6.07, 6.45) is 5.97. The molecule has 0 bridgehead atoms. The first-order valence-corrected chi connectivity index (χ1v) is 8.43. The van der Waals surface area contributed by atoms with Gasteiger partial charge in [-0.25, -0.2) is 4.98 Å². The predicted octanol–water partition coefficient (Wildman–Crippen LogP) is 2.57. The van der Waals surface area contributed by atoms with Crippen molar-refractivity contribution in [3.8, 4) is 0 Å². The van der Waals surface area contributed by atoms with Crippen molar-refractivity contribution in [2.75, 3.05) is 6.61 Å². The number of nitrogens with one attached hydrogen (secondary N) is 1. The highest BCUT2D eigenvalue weighted by atomic mass is 16.5. The molecule has 24 heavy (non-hydrogen) atoms. The van der Waals surface area contributed by atoms with E-state index in [0.29, 0.717) is 6.61 Å². The zero-order valence-electron chi connectivity index (χ0n) is 14.4. The topological polar surface area (TPSA) is 82.2 Å². The van der Waals surface area contributed by atoms with Crippen molar-refractivity contribution in [3.63, 3.8) is 0 Å². The minimum Gasteiger partial charge on any atom is -0.372 e. The summed E-state index contributed by atoms with van der Waals surface area (Å²) in [5.41, 5.74) is 1.84. The molecule has 0 spiro atoms. The average molecular weight is 332 g/mol. The second-order valence-electron chi connectivity index (χ2n) is 6.41. The standard InChI is InChI=1S/C17H24N4O3/c1-4-11(2)13-8-16(24-20-13)17(22)19-12-5-6-23-15(7-12)14-9-18-10-21(14)3/h8-12,15H,4-7H2,1-3H3,(H,19,22)/t11-,12+,15-/m0/s1. The fourth-order valence-electron chi connectivity index (χ4n) is 2.91. The summed E-state index contributed by atoms with van der Waals surface area (Å²) in [6.45, 7) is 4.76. The summed E-state index contributed by atoms with van der Waals surface area (Å²) in [4.78, 5) is 16.5. The molecule has 1 saturated heterocycles. The molecule has 1 amide bonds. The molecule has 1 N–H and O–H groups in total. The Bertz CT molecular complexity index is 694. The Labute approximate surface area is 141 Å². The lowest BCUT2D eigenvalue weighted by atomic mass is 10.0. The number of ether oxygens (including phenoxy) is 1. The van der Waals surface area contributed by atoms with E-state index in [1.54, 1.807) is 12.4 Å². The van der Waals surface area contributed by atoms with E-state index < -0.39 is 0 Å². The second kappa shape index (κ2) is 7.17. The number of carbonyl (C=O) groups excluding carboxylic acids is 1. The van der Waals surface area contributed by atoms with Gasteiger partial charge in [-0.2, -0.15) is 0 Å². The molecule has 1 aliphatic rings. The molecule has 2 aromatic heterocycles. The monoisotopic (exact) mass is 332 g/mol. The molecule has 3 atom stereocenters. The van der Waals surface area contributed by atoms with E-state index in [2.05, 4.69) is 29.3 Å². The first-order chi connectivity index (χ1) is 11.6. The van der Waals surface area contributed by atoms with Crippen LogP contribution in [0.25, 0.3) is 0 Å². The van der Waals surface area contributed by atoms with Crippen LogP contribution in [0.1, 0.15) is 67.1 Å². The van der Waals surface area contributed by atoms with Gasteiger partial charge in [-0.3, -0.25) is 4.79 Å². The van der Waals surface area contributed by atoms with Crippen molar-refractivity contribution in [3.05, 3.63) is 35.7 Å². The van der Waals surface area contributed by atoms with E-state index in [0.717, 1.165) is 30.7 Å². The van der Waals surface area contributed by atoms with Gasteiger partial charge in [-0.05, 0) is 19.3 Å². The number of aryl methyl sites for hydroxylation is 1. The quantitative estimate of drug-likeness (QED) is 0.910. The summed E-state index contributed by atoms with van der Waals surface area (Å²) in [5.74, 6) is 0.342. The molecule has 0 saturated carbocycles. The molecule has 130 valence electrons. The molecule has 0 aromatic carbocycles. The largest absolute Gasteiger partial charge is 0.372 e. The number of hydrogen-bond acceptors (Lipinski definition) is 5. The van der Waals surface area contributed by atoms with Gasteiger partial charge in [0.05, 0.1) is 23.9 Å². The number of imidazole rings is 1. The summed E-state index contributed by atoms with van der Waals surface area (Å²) in [6, 6.07) is 1.78. The number of nitrogens with zero attached hydrogens (tertiary/aromatic N) is 3. The number of aromatic nitrogens is 3. The van der Waals surface area contributed by atoms with Crippen molar-refractivity contribution in [2.45, 2.75) is 51.2 Å². The van der Waals surface area contributed by atoms with E-state index in [9.17, 15) is 4.79 Å². The van der Waals surface area contributed by atoms with Crippen LogP contribution in [0.15, 0.2) is 23.1 Å². The zero-order chi connectivity index (χ0) is 17.1. The first-order valence-electron chi connectivity index (χ1n) is 8.43. The van der Waals surface area contributed by atoms with Crippen LogP contribution >= 0.6 is 0 Å². The minimum atomic E-state index is -0.215. The number of rotatable bonds is 5. The van der Waals surface area contributed by atoms with Crippen LogP contribution in [0.5, 0.6) is 0 Å². The van der Waals surface area contributed by atoms with Gasteiger partial charge in [-0.15, -0.1) is 0 Å². The Morgan fingerprint density at radius 1 is 1.54 bits per heavy atom. The Morgan fingerprint density at radius 2 is 2.38 bits per heavy atom. The van der Waals surface area contributed by atoms with E-state index in [-0.39, 0.29) is 29.7 Å². The normalized spacial score (nSPS) is 22.3. The number of carbonyl (C=O) groups is 1. The molecule has 7 heteroatoms. The maximum absolute atomic E-state index is 12.4. The van der Waals surface area contributed by atoms with Crippen LogP contribution in [-0.2, 0) is 11.8 Å². The molecule has 7 nitrogen and oxygen atoms in total. The smallest absolute Gasteiger partial charge is 0.290 e. The Morgan fingerprint density at radius 3 is 3.08 bits per heavy atom. The molecule has 1 fully saturated rings. The van der Waals surface area contributed by atoms with E-state index in [1.807, 2.05) is 17.8 Å². The summed E-state index contributed by atoms with van der Waals surface area (Å²) >= 11 is 0. The van der Waals surface area contributed by atoms with Gasteiger partial charge in [0.15, 0.2) is 0 Å². The summed E-state index contributed by atoms with van der Waals surface area (Å²) in [5, 5.41) is 7.03. The van der Waals surface area contributed by atoms with Gasteiger partial charge in [0.1, 0.15) is 6.10 Å². The summed E-state index contributed by atoms with van der Waals surface area (Å²) < 4.78 is 13.0. The van der Waals surface area contributed by atoms with Crippen LogP contribution in [0, 0.1) is 0 Å². The van der Waals surface area contributed by atoms with Crippen LogP contribution < -0.4 is 5.32 Å². The molecule has 0 unspecified atom stereocenters. The maximum atomic E-state index is 12.4. The van der Waals surface area contributed by atoms with Gasteiger partial charge in [-0.1, -0.05) is 19.0 Å². The Kier molecular flexibility index (Phi) is 4.99. The molecular formula is C17H24N4O3. The SMILES string of the molecule is CC[C@H](C)c1cc(C(=O)N[C@@H]2CCO[C@H](c3cncn3C)C2)on1. The molecule has 3 rings (SSSR count). The lowest BCUT2D eigenvalue weighted by Crippen LogP contribution is -2.40. The average Bonchev–Trinajstić information content (AvgIpc) is 3.23. The van der Waals surface area contributed by atoms with E-state index in [1.165, 1.54) is 0 Å². The third-order valence-electron chi connectivity index (χ3n) is 4.67. The number of amides is 1. The molecular weight excluding hydrogens is 308 g/mol. The van der Waals surface area contributed by atoms with Crippen LogP contribution in [0.2, 0.25) is 0 Å². The van der Waals surface area contributed by atoms with Crippen LogP contribution in [0.4, 0.5) is 0 Å². The van der Waals surface area contributed by atoms with Gasteiger partial charge in [0, 0.05) is 31.7 Å². The van der Waals surface area contributed by atoms with Crippen LogP contribution in [0.3, 0.4) is 0 Å². The van der Waals surface area contributed by atoms with Crippen molar-refractivity contribution in [1.29, 1.82) is 0 Å². The molecule has 0 radical (unpaired) electrons. The van der Waals surface area contributed by atoms with Gasteiger partial charge in [0.25, 0.3) is 5.91 Å². The summed E-state index contributed by atoms with van der Waals surface area (Å²) in [7, 11) is 1.94. The third-order valence-corrected chi connectivity index (χ3v) is 4.67. The fraction of sp³-hybridized carbons (Fsp3) is 0.588. The highest BCUT2D eigenvalue weighted by molar-refractivity contribution is 5.91. The molecule has 3 heterocycles. The fourth-order valence-corrected chi connectivity index (χ4v) is 2.91. The highest BCUT2D eigenvalue weighted by Crippen LogP contribution is 2.28. The zero-order valence-corrected chi connectivity index (χ0v) is 14.4. The van der Waals surface area contributed by atoms with Crippen molar-refractivity contribution >= 4 is 5.91 Å². The molecule has 0 aliphatic carbocycles. The second-order valence-corrected chi connectivity index (χ2v) is 6.41. The molecule has 1 aliphatic heterocycles. The lowest BCUT2D eigenvalue weighted by Gasteiger charge is -2.29. The van der Waals surface area contributed by atoms with Crippen molar-refractivity contribution in [2.24, 2.45) is 7.05 Å². The van der Waals surface area contributed by atoms with Crippen LogP contribution in [-0.4, -0.2) is 33.3 Å². The third kappa shape index (κ3) is 3.51. The highest BCUT2D eigenvalue weighted by Gasteiger charge is 2.28. The predicted molar refractivity (Wildman–Crippen MR) is 87.6 cm³/mol. The van der Waals surface area contributed by atoms with Crippen molar-refractivity contribution < 1.29 is 14.1 Å². The van der Waals surface area contributed by atoms with Gasteiger partial charge < -0.3 is 19.1 Å². The first kappa shape index (κ1) is 16.7. The maximum Gasteiger partial charge on any atom is 0.290 e. The molecule has 2 aromatic rings. The number of hydrogen-bond donors (Lipinski definition) is 1. The van der Waals surface area contributed by atoms with E-state index >= 15 is 0 Å². The van der Waals surface area contributed by atoms with Gasteiger partial charge in [0.2, 0.25) is 5.76 Å². The minimum absolute atomic E-state index is 0.0447. The Balaban J connectivity index is 1.62. The van der Waals surface area contributed by atoms with E-state index in [4.69, 9.17) is 9.26 Å². The Hall–Kier alpha value is -2.15.